The molecule has 1 aromatic carbocycles. The van der Waals surface area contributed by atoms with Gasteiger partial charge in [0.15, 0.2) is 5.58 Å². The normalized spacial score (nSPS) is 10.9. The van der Waals surface area contributed by atoms with Gasteiger partial charge in [-0.3, -0.25) is 9.78 Å². The van der Waals surface area contributed by atoms with Gasteiger partial charge in [0.2, 0.25) is 0 Å². The Kier molecular flexibility index (Phi) is 2.71. The highest BCUT2D eigenvalue weighted by atomic mass is 16.4. The van der Waals surface area contributed by atoms with E-state index in [4.69, 9.17) is 8.83 Å². The average molecular weight is 272 g/mol. The molecule has 3 aromatic rings. The molecule has 2 aromatic heterocycles. The number of aryl methyl sites for hydroxylation is 2. The number of hydrogen-bond donors (Lipinski definition) is 2. The van der Waals surface area contributed by atoms with Gasteiger partial charge in [0.25, 0.3) is 5.91 Å². The van der Waals surface area contributed by atoms with Crippen LogP contribution in [0, 0.1) is 13.8 Å². The summed E-state index contributed by atoms with van der Waals surface area (Å²) in [6.45, 7) is 3.52. The molecule has 0 aliphatic carbocycles. The van der Waals surface area contributed by atoms with Gasteiger partial charge in [0.1, 0.15) is 11.5 Å². The third kappa shape index (κ3) is 2.11. The Bertz CT molecular complexity index is 854. The van der Waals surface area contributed by atoms with E-state index in [1.54, 1.807) is 38.1 Å². The van der Waals surface area contributed by atoms with Crippen molar-refractivity contribution in [2.45, 2.75) is 13.8 Å². The molecule has 0 aliphatic heterocycles. The number of benzene rings is 1. The maximum Gasteiger partial charge on any atom is 0.417 e. The first kappa shape index (κ1) is 12.3. The van der Waals surface area contributed by atoms with Crippen LogP contribution in [0.25, 0.3) is 11.1 Å². The van der Waals surface area contributed by atoms with E-state index in [1.165, 1.54) is 0 Å². The van der Waals surface area contributed by atoms with E-state index in [0.717, 1.165) is 0 Å². The standard InChI is InChI=1S/C14H12N2O4/c1-7-5-10(8(2)19-7)13(17)15-9-3-4-12-11(6-9)16-14(18)20-12/h3-6H,1-2H3,(H,15,17)(H,16,18). The number of amides is 1. The summed E-state index contributed by atoms with van der Waals surface area (Å²) in [7, 11) is 0. The number of oxazole rings is 1. The number of aromatic nitrogens is 1. The monoisotopic (exact) mass is 272 g/mol. The molecular weight excluding hydrogens is 260 g/mol. The zero-order chi connectivity index (χ0) is 14.3. The zero-order valence-electron chi connectivity index (χ0n) is 10.9. The first-order chi connectivity index (χ1) is 9.52. The van der Waals surface area contributed by atoms with Crippen molar-refractivity contribution in [3.63, 3.8) is 0 Å². The van der Waals surface area contributed by atoms with Crippen LogP contribution in [0.2, 0.25) is 0 Å². The maximum atomic E-state index is 12.1. The smallest absolute Gasteiger partial charge is 0.417 e. The fourth-order valence-corrected chi connectivity index (χ4v) is 2.08. The van der Waals surface area contributed by atoms with Crippen molar-refractivity contribution in [1.82, 2.24) is 4.98 Å². The molecule has 0 aliphatic rings. The molecule has 0 spiro atoms. The lowest BCUT2D eigenvalue weighted by Crippen LogP contribution is -2.12. The Hall–Kier alpha value is -2.76. The molecule has 20 heavy (non-hydrogen) atoms. The second-order valence-corrected chi connectivity index (χ2v) is 4.51. The summed E-state index contributed by atoms with van der Waals surface area (Å²) in [6.07, 6.45) is 0. The molecule has 1 amide bonds. The number of rotatable bonds is 2. The quantitative estimate of drug-likeness (QED) is 0.750. The minimum atomic E-state index is -0.523. The number of aromatic amines is 1. The molecule has 2 heterocycles. The molecule has 102 valence electrons. The van der Waals surface area contributed by atoms with E-state index >= 15 is 0 Å². The Morgan fingerprint density at radius 3 is 2.70 bits per heavy atom. The summed E-state index contributed by atoms with van der Waals surface area (Å²) >= 11 is 0. The number of H-pyrrole nitrogens is 1. The van der Waals surface area contributed by atoms with Gasteiger partial charge in [-0.05, 0) is 38.1 Å². The summed E-state index contributed by atoms with van der Waals surface area (Å²) in [6, 6.07) is 6.61. The van der Waals surface area contributed by atoms with Gasteiger partial charge in [-0.15, -0.1) is 0 Å². The number of hydrogen-bond acceptors (Lipinski definition) is 4. The summed E-state index contributed by atoms with van der Waals surface area (Å²) in [5, 5.41) is 2.75. The molecular formula is C14H12N2O4. The number of fused-ring (bicyclic) bond motifs is 1. The fraction of sp³-hybridized carbons (Fsp3) is 0.143. The molecule has 3 rings (SSSR count). The zero-order valence-corrected chi connectivity index (χ0v) is 10.9. The molecule has 0 saturated carbocycles. The molecule has 0 unspecified atom stereocenters. The highest BCUT2D eigenvalue weighted by molar-refractivity contribution is 6.05. The first-order valence-electron chi connectivity index (χ1n) is 6.04. The van der Waals surface area contributed by atoms with Crippen molar-refractivity contribution < 1.29 is 13.6 Å². The Morgan fingerprint density at radius 2 is 2.00 bits per heavy atom. The average Bonchev–Trinajstić information content (AvgIpc) is 2.90. The van der Waals surface area contributed by atoms with Crippen molar-refractivity contribution in [3.8, 4) is 0 Å². The van der Waals surface area contributed by atoms with Gasteiger partial charge < -0.3 is 14.2 Å². The lowest BCUT2D eigenvalue weighted by atomic mass is 10.2. The first-order valence-corrected chi connectivity index (χ1v) is 6.04. The number of anilines is 1. The molecule has 0 saturated heterocycles. The van der Waals surface area contributed by atoms with Crippen molar-refractivity contribution in [3.05, 3.63) is 51.9 Å². The number of nitrogens with one attached hydrogen (secondary N) is 2. The van der Waals surface area contributed by atoms with Gasteiger partial charge in [0.05, 0.1) is 11.1 Å². The van der Waals surface area contributed by atoms with Crippen LogP contribution in [0.15, 0.2) is 37.9 Å². The predicted octanol–water partition coefficient (Wildman–Crippen LogP) is 2.58. The predicted molar refractivity (Wildman–Crippen MR) is 73.0 cm³/mol. The van der Waals surface area contributed by atoms with E-state index < -0.39 is 5.76 Å². The lowest BCUT2D eigenvalue weighted by molar-refractivity contribution is 0.102. The van der Waals surface area contributed by atoms with Crippen molar-refractivity contribution in [2.24, 2.45) is 0 Å². The van der Waals surface area contributed by atoms with Crippen LogP contribution in [0.1, 0.15) is 21.9 Å². The van der Waals surface area contributed by atoms with Crippen molar-refractivity contribution >= 4 is 22.7 Å². The Labute approximate surface area is 113 Å². The highest BCUT2D eigenvalue weighted by Crippen LogP contribution is 2.19. The van der Waals surface area contributed by atoms with E-state index in [-0.39, 0.29) is 5.91 Å². The van der Waals surface area contributed by atoms with Crippen LogP contribution in [-0.4, -0.2) is 10.9 Å². The Morgan fingerprint density at radius 1 is 1.20 bits per heavy atom. The number of carbonyl (C=O) groups excluding carboxylic acids is 1. The molecule has 2 N–H and O–H groups in total. The molecule has 0 bridgehead atoms. The number of carbonyl (C=O) groups is 1. The van der Waals surface area contributed by atoms with E-state index in [9.17, 15) is 9.59 Å². The van der Waals surface area contributed by atoms with Crippen molar-refractivity contribution in [2.75, 3.05) is 5.32 Å². The second-order valence-electron chi connectivity index (χ2n) is 4.51. The Balaban J connectivity index is 1.90. The van der Waals surface area contributed by atoms with Gasteiger partial charge in [-0.1, -0.05) is 0 Å². The molecule has 0 atom stereocenters. The third-order valence-corrected chi connectivity index (χ3v) is 2.96. The van der Waals surface area contributed by atoms with Gasteiger partial charge in [0, 0.05) is 5.69 Å². The van der Waals surface area contributed by atoms with E-state index in [0.29, 0.717) is 33.9 Å². The van der Waals surface area contributed by atoms with Crippen LogP contribution in [0.4, 0.5) is 5.69 Å². The van der Waals surface area contributed by atoms with Gasteiger partial charge in [-0.2, -0.15) is 0 Å². The van der Waals surface area contributed by atoms with Crippen LogP contribution < -0.4 is 11.1 Å². The minimum Gasteiger partial charge on any atom is -0.466 e. The highest BCUT2D eigenvalue weighted by Gasteiger charge is 2.14. The SMILES string of the molecule is Cc1cc(C(=O)Nc2ccc3oc(=O)[nH]c3c2)c(C)o1. The van der Waals surface area contributed by atoms with Crippen LogP contribution in [0.3, 0.4) is 0 Å². The number of furan rings is 1. The van der Waals surface area contributed by atoms with E-state index in [1.807, 2.05) is 0 Å². The fourth-order valence-electron chi connectivity index (χ4n) is 2.08. The minimum absolute atomic E-state index is 0.260. The van der Waals surface area contributed by atoms with Crippen molar-refractivity contribution in [1.29, 1.82) is 0 Å². The van der Waals surface area contributed by atoms with E-state index in [2.05, 4.69) is 10.3 Å². The molecule has 6 nitrogen and oxygen atoms in total. The largest absolute Gasteiger partial charge is 0.466 e. The summed E-state index contributed by atoms with van der Waals surface area (Å²) < 4.78 is 10.2. The summed E-state index contributed by atoms with van der Waals surface area (Å²) in [5.74, 6) is 0.467. The van der Waals surface area contributed by atoms with Crippen LogP contribution >= 0.6 is 0 Å². The topological polar surface area (TPSA) is 88.2 Å². The van der Waals surface area contributed by atoms with Gasteiger partial charge in [-0.25, -0.2) is 4.79 Å². The van der Waals surface area contributed by atoms with Crippen LogP contribution in [0.5, 0.6) is 0 Å². The lowest BCUT2D eigenvalue weighted by Gasteiger charge is -2.03. The molecule has 6 heteroatoms. The van der Waals surface area contributed by atoms with Crippen LogP contribution in [-0.2, 0) is 0 Å². The third-order valence-electron chi connectivity index (χ3n) is 2.96. The molecule has 0 fully saturated rings. The summed E-state index contributed by atoms with van der Waals surface area (Å²) in [5.41, 5.74) is 2.04. The second kappa shape index (κ2) is 4.41. The van der Waals surface area contributed by atoms with Gasteiger partial charge >= 0.3 is 5.76 Å². The maximum absolute atomic E-state index is 12.1. The summed E-state index contributed by atoms with van der Waals surface area (Å²) in [4.78, 5) is 25.7. The molecule has 0 radical (unpaired) electrons.